The number of ether oxygens (including phenoxy) is 1. The lowest BCUT2D eigenvalue weighted by Crippen LogP contribution is -2.36. The van der Waals surface area contributed by atoms with Gasteiger partial charge in [0.2, 0.25) is 0 Å². The van der Waals surface area contributed by atoms with Gasteiger partial charge in [-0.15, -0.1) is 11.3 Å². The number of carbonyl (C=O) groups is 1. The SMILES string of the molecule is Cc1cccc2sc(C(=O)Nc3ccc(N4CCOCC4)cc3)c(Cl)c12. The van der Waals surface area contributed by atoms with E-state index in [0.717, 1.165) is 53.3 Å². The van der Waals surface area contributed by atoms with E-state index in [1.54, 1.807) is 0 Å². The summed E-state index contributed by atoms with van der Waals surface area (Å²) in [5.74, 6) is -0.172. The maximum absolute atomic E-state index is 12.7. The zero-order valence-electron chi connectivity index (χ0n) is 14.4. The number of morpholine rings is 1. The van der Waals surface area contributed by atoms with Crippen molar-refractivity contribution in [2.24, 2.45) is 0 Å². The molecule has 0 unspecified atom stereocenters. The molecule has 1 saturated heterocycles. The summed E-state index contributed by atoms with van der Waals surface area (Å²) in [6, 6.07) is 13.9. The molecule has 1 aliphatic rings. The first-order chi connectivity index (χ1) is 12.6. The number of hydrogen-bond donors (Lipinski definition) is 1. The minimum Gasteiger partial charge on any atom is -0.378 e. The Hall–Kier alpha value is -2.08. The van der Waals surface area contributed by atoms with Crippen molar-refractivity contribution in [3.05, 3.63) is 57.9 Å². The number of halogens is 1. The van der Waals surface area contributed by atoms with Crippen molar-refractivity contribution in [3.8, 4) is 0 Å². The lowest BCUT2D eigenvalue weighted by atomic mass is 10.1. The highest BCUT2D eigenvalue weighted by Gasteiger charge is 2.18. The van der Waals surface area contributed by atoms with Gasteiger partial charge in [0.1, 0.15) is 4.88 Å². The van der Waals surface area contributed by atoms with Crippen molar-refractivity contribution in [1.29, 1.82) is 0 Å². The molecule has 1 amide bonds. The Morgan fingerprint density at radius 2 is 1.88 bits per heavy atom. The Morgan fingerprint density at radius 1 is 1.15 bits per heavy atom. The molecule has 2 aromatic carbocycles. The summed E-state index contributed by atoms with van der Waals surface area (Å²) in [5, 5.41) is 4.45. The average molecular weight is 387 g/mol. The van der Waals surface area contributed by atoms with Gasteiger partial charge in [-0.05, 0) is 42.8 Å². The largest absolute Gasteiger partial charge is 0.378 e. The molecule has 1 aliphatic heterocycles. The molecular formula is C20H19ClN2O2S. The van der Waals surface area contributed by atoms with Crippen molar-refractivity contribution in [2.45, 2.75) is 6.92 Å². The lowest BCUT2D eigenvalue weighted by molar-refractivity contribution is 0.103. The van der Waals surface area contributed by atoms with E-state index in [1.165, 1.54) is 11.3 Å². The highest BCUT2D eigenvalue weighted by atomic mass is 35.5. The van der Waals surface area contributed by atoms with Crippen LogP contribution in [-0.4, -0.2) is 32.2 Å². The van der Waals surface area contributed by atoms with E-state index >= 15 is 0 Å². The number of carbonyl (C=O) groups excluding carboxylic acids is 1. The number of rotatable bonds is 3. The second-order valence-corrected chi connectivity index (χ2v) is 7.72. The maximum atomic E-state index is 12.7. The van der Waals surface area contributed by atoms with Gasteiger partial charge in [-0.25, -0.2) is 0 Å². The van der Waals surface area contributed by atoms with Crippen LogP contribution in [0.2, 0.25) is 5.02 Å². The molecule has 1 fully saturated rings. The fourth-order valence-corrected chi connectivity index (χ4v) is 4.76. The molecule has 0 radical (unpaired) electrons. The van der Waals surface area contributed by atoms with E-state index in [9.17, 15) is 4.79 Å². The quantitative estimate of drug-likeness (QED) is 0.692. The molecule has 0 bridgehead atoms. The lowest BCUT2D eigenvalue weighted by Gasteiger charge is -2.28. The number of amides is 1. The van der Waals surface area contributed by atoms with Crippen LogP contribution < -0.4 is 10.2 Å². The Kier molecular flexibility index (Phi) is 4.85. The average Bonchev–Trinajstić information content (AvgIpc) is 3.01. The molecule has 0 spiro atoms. The minimum atomic E-state index is -0.172. The summed E-state index contributed by atoms with van der Waals surface area (Å²) >= 11 is 7.91. The van der Waals surface area contributed by atoms with Gasteiger partial charge >= 0.3 is 0 Å². The van der Waals surface area contributed by atoms with Gasteiger partial charge < -0.3 is 15.0 Å². The number of benzene rings is 2. The molecule has 3 aromatic rings. The van der Waals surface area contributed by atoms with Crippen molar-refractivity contribution in [2.75, 3.05) is 36.5 Å². The number of thiophene rings is 1. The van der Waals surface area contributed by atoms with E-state index < -0.39 is 0 Å². The summed E-state index contributed by atoms with van der Waals surface area (Å²) in [5.41, 5.74) is 2.98. The number of aryl methyl sites for hydroxylation is 1. The van der Waals surface area contributed by atoms with Crippen LogP contribution in [0, 0.1) is 6.92 Å². The number of anilines is 2. The Labute approximate surface area is 161 Å². The maximum Gasteiger partial charge on any atom is 0.267 e. The van der Waals surface area contributed by atoms with Crippen LogP contribution in [0.25, 0.3) is 10.1 Å². The molecule has 4 nitrogen and oxygen atoms in total. The summed E-state index contributed by atoms with van der Waals surface area (Å²) < 4.78 is 6.41. The van der Waals surface area contributed by atoms with Gasteiger partial charge in [0, 0.05) is 34.6 Å². The summed E-state index contributed by atoms with van der Waals surface area (Å²) in [6.45, 7) is 5.29. The molecule has 0 atom stereocenters. The first-order valence-corrected chi connectivity index (χ1v) is 9.74. The normalized spacial score (nSPS) is 14.6. The van der Waals surface area contributed by atoms with E-state index in [1.807, 2.05) is 49.4 Å². The predicted octanol–water partition coefficient (Wildman–Crippen LogP) is 4.95. The highest BCUT2D eigenvalue weighted by molar-refractivity contribution is 7.21. The number of fused-ring (bicyclic) bond motifs is 1. The van der Waals surface area contributed by atoms with Crippen LogP contribution in [0.5, 0.6) is 0 Å². The van der Waals surface area contributed by atoms with Gasteiger partial charge in [0.05, 0.1) is 18.2 Å². The third kappa shape index (κ3) is 3.30. The minimum absolute atomic E-state index is 0.172. The first kappa shape index (κ1) is 17.3. The van der Waals surface area contributed by atoms with Crippen molar-refractivity contribution < 1.29 is 9.53 Å². The van der Waals surface area contributed by atoms with Crippen LogP contribution in [0.3, 0.4) is 0 Å². The third-order valence-corrected chi connectivity index (χ3v) is 6.22. The fourth-order valence-electron chi connectivity index (χ4n) is 3.19. The Morgan fingerprint density at radius 3 is 2.58 bits per heavy atom. The molecule has 2 heterocycles. The zero-order valence-corrected chi connectivity index (χ0v) is 16.0. The molecule has 6 heteroatoms. The van der Waals surface area contributed by atoms with Crippen LogP contribution in [0.4, 0.5) is 11.4 Å². The molecule has 1 N–H and O–H groups in total. The number of hydrogen-bond acceptors (Lipinski definition) is 4. The van der Waals surface area contributed by atoms with Gasteiger partial charge in [-0.1, -0.05) is 23.7 Å². The first-order valence-electron chi connectivity index (χ1n) is 8.55. The van der Waals surface area contributed by atoms with E-state index in [-0.39, 0.29) is 5.91 Å². The van der Waals surface area contributed by atoms with Crippen molar-refractivity contribution in [1.82, 2.24) is 0 Å². The predicted molar refractivity (Wildman–Crippen MR) is 109 cm³/mol. The van der Waals surface area contributed by atoms with Crippen LogP contribution in [0.15, 0.2) is 42.5 Å². The second kappa shape index (κ2) is 7.27. The molecule has 0 aliphatic carbocycles. The molecule has 26 heavy (non-hydrogen) atoms. The molecule has 0 saturated carbocycles. The topological polar surface area (TPSA) is 41.6 Å². The molecule has 1 aromatic heterocycles. The van der Waals surface area contributed by atoms with Crippen LogP contribution in [-0.2, 0) is 4.74 Å². The summed E-state index contributed by atoms with van der Waals surface area (Å²) in [7, 11) is 0. The highest BCUT2D eigenvalue weighted by Crippen LogP contribution is 2.37. The number of nitrogens with one attached hydrogen (secondary N) is 1. The Bertz CT molecular complexity index is 946. The number of nitrogens with zero attached hydrogens (tertiary/aromatic N) is 1. The van der Waals surface area contributed by atoms with Crippen LogP contribution >= 0.6 is 22.9 Å². The molecule has 4 rings (SSSR count). The Balaban J connectivity index is 1.53. The molecule has 134 valence electrons. The van der Waals surface area contributed by atoms with Crippen molar-refractivity contribution in [3.63, 3.8) is 0 Å². The van der Waals surface area contributed by atoms with Gasteiger partial charge in [0.25, 0.3) is 5.91 Å². The monoisotopic (exact) mass is 386 g/mol. The van der Waals surface area contributed by atoms with E-state index in [0.29, 0.717) is 9.90 Å². The second-order valence-electron chi connectivity index (χ2n) is 6.29. The van der Waals surface area contributed by atoms with Crippen molar-refractivity contribution >= 4 is 50.3 Å². The standard InChI is InChI=1S/C20H19ClN2O2S/c1-13-3-2-4-16-17(13)18(21)19(26-16)20(24)22-14-5-7-15(8-6-14)23-9-11-25-12-10-23/h2-8H,9-12H2,1H3,(H,22,24). The van der Waals surface area contributed by atoms with Crippen LogP contribution in [0.1, 0.15) is 15.2 Å². The van der Waals surface area contributed by atoms with E-state index in [2.05, 4.69) is 10.2 Å². The smallest absolute Gasteiger partial charge is 0.267 e. The van der Waals surface area contributed by atoms with Gasteiger partial charge in [-0.2, -0.15) is 0 Å². The summed E-state index contributed by atoms with van der Waals surface area (Å²) in [4.78, 5) is 15.5. The van der Waals surface area contributed by atoms with E-state index in [4.69, 9.17) is 16.3 Å². The van der Waals surface area contributed by atoms with Gasteiger partial charge in [0.15, 0.2) is 0 Å². The molecular weight excluding hydrogens is 368 g/mol. The summed E-state index contributed by atoms with van der Waals surface area (Å²) in [6.07, 6.45) is 0. The zero-order chi connectivity index (χ0) is 18.1. The third-order valence-electron chi connectivity index (χ3n) is 4.57. The van der Waals surface area contributed by atoms with Gasteiger partial charge in [-0.3, -0.25) is 4.79 Å². The fraction of sp³-hybridized carbons (Fsp3) is 0.250.